The molecule has 0 radical (unpaired) electrons. The van der Waals surface area contributed by atoms with E-state index in [9.17, 15) is 10.1 Å². The standard InChI is InChI=1S/C21H27N5O3/c1-15(2)19-14-24(13-16-5-3-6-17(11-16)26(27)28)25-10-8-20(23-21(19)25)29-18-7-4-9-22-12-18/h3,5-6,8,10-11,15,18,22H,4,7,9,12-14H2,1-2H3/t18-/m1/s1/i10D. The second-order valence-electron chi connectivity index (χ2n) is 7.87. The molecule has 1 saturated heterocycles. The van der Waals surface area contributed by atoms with Crippen molar-refractivity contribution in [3.8, 4) is 0 Å². The zero-order valence-corrected chi connectivity index (χ0v) is 16.8. The number of nitro benzene ring substituents is 1. The molecule has 29 heavy (non-hydrogen) atoms. The molecule has 1 fully saturated rings. The highest BCUT2D eigenvalue weighted by molar-refractivity contribution is 5.89. The van der Waals surface area contributed by atoms with E-state index in [4.69, 9.17) is 11.1 Å². The van der Waals surface area contributed by atoms with Gasteiger partial charge in [0, 0.05) is 44.0 Å². The van der Waals surface area contributed by atoms with E-state index in [1.165, 1.54) is 6.07 Å². The summed E-state index contributed by atoms with van der Waals surface area (Å²) in [4.78, 5) is 15.5. The maximum atomic E-state index is 11.1. The highest BCUT2D eigenvalue weighted by Crippen LogP contribution is 2.33. The van der Waals surface area contributed by atoms with Crippen LogP contribution in [0.25, 0.3) is 0 Å². The van der Waals surface area contributed by atoms with Gasteiger partial charge in [0.05, 0.1) is 6.29 Å². The Kier molecular flexibility index (Phi) is 5.27. The lowest BCUT2D eigenvalue weighted by atomic mass is 10.0. The maximum Gasteiger partial charge on any atom is 0.269 e. The summed E-state index contributed by atoms with van der Waals surface area (Å²) in [6.45, 7) is 7.10. The average molecular weight is 398 g/mol. The summed E-state index contributed by atoms with van der Waals surface area (Å²) in [5, 5.41) is 18.2. The first kappa shape index (κ1) is 18.3. The number of hydrogen-bond acceptors (Lipinski definition) is 7. The number of ether oxygens (including phenoxy) is 1. The fourth-order valence-electron chi connectivity index (χ4n) is 3.82. The third kappa shape index (κ3) is 4.33. The number of aliphatic imine (C=N–C) groups is 1. The van der Waals surface area contributed by atoms with Crippen LogP contribution in [0.15, 0.2) is 52.9 Å². The quantitative estimate of drug-likeness (QED) is 0.606. The minimum atomic E-state index is -0.387. The number of nitrogens with one attached hydrogen (secondary N) is 1. The molecule has 0 bridgehead atoms. The van der Waals surface area contributed by atoms with Crippen molar-refractivity contribution in [1.82, 2.24) is 15.3 Å². The molecule has 0 saturated carbocycles. The van der Waals surface area contributed by atoms with E-state index in [0.717, 1.165) is 42.9 Å². The Labute approximate surface area is 172 Å². The van der Waals surface area contributed by atoms with Crippen LogP contribution in [0, 0.1) is 16.0 Å². The molecule has 3 aliphatic heterocycles. The van der Waals surface area contributed by atoms with Gasteiger partial charge in [0.25, 0.3) is 5.69 Å². The van der Waals surface area contributed by atoms with Crippen LogP contribution in [-0.4, -0.2) is 46.6 Å². The molecule has 1 aromatic carbocycles. The molecule has 8 heteroatoms. The van der Waals surface area contributed by atoms with Crippen LogP contribution >= 0.6 is 0 Å². The zero-order chi connectivity index (χ0) is 21.3. The third-order valence-corrected chi connectivity index (χ3v) is 5.37. The molecule has 0 aliphatic carbocycles. The van der Waals surface area contributed by atoms with Crippen molar-refractivity contribution in [3.05, 3.63) is 63.6 Å². The van der Waals surface area contributed by atoms with Crippen molar-refractivity contribution >= 4 is 11.6 Å². The molecule has 0 aromatic heterocycles. The maximum absolute atomic E-state index is 11.1. The lowest BCUT2D eigenvalue weighted by molar-refractivity contribution is -0.384. The first-order chi connectivity index (χ1) is 14.4. The number of piperidine rings is 1. The first-order valence-corrected chi connectivity index (χ1v) is 10.1. The molecule has 3 heterocycles. The van der Waals surface area contributed by atoms with Crippen LogP contribution in [0.3, 0.4) is 0 Å². The summed E-state index contributed by atoms with van der Waals surface area (Å²) < 4.78 is 14.7. The largest absolute Gasteiger partial charge is 0.473 e. The van der Waals surface area contributed by atoms with Crippen LogP contribution in [0.5, 0.6) is 0 Å². The van der Waals surface area contributed by atoms with Gasteiger partial charge in [0.2, 0.25) is 5.90 Å². The summed E-state index contributed by atoms with van der Waals surface area (Å²) in [5.74, 6) is 1.47. The van der Waals surface area contributed by atoms with Gasteiger partial charge in [-0.25, -0.2) is 5.01 Å². The number of nitrogens with zero attached hydrogens (tertiary/aromatic N) is 4. The molecule has 4 rings (SSSR count). The smallest absolute Gasteiger partial charge is 0.269 e. The molecule has 3 aliphatic rings. The minimum Gasteiger partial charge on any atom is -0.473 e. The summed E-state index contributed by atoms with van der Waals surface area (Å²) >= 11 is 0. The second kappa shape index (κ2) is 8.34. The summed E-state index contributed by atoms with van der Waals surface area (Å²) in [7, 11) is 0. The Morgan fingerprint density at radius 3 is 3.07 bits per heavy atom. The molecule has 0 unspecified atom stereocenters. The second-order valence-corrected chi connectivity index (χ2v) is 7.87. The van der Waals surface area contributed by atoms with Crippen molar-refractivity contribution < 1.29 is 11.0 Å². The van der Waals surface area contributed by atoms with Gasteiger partial charge in [-0.3, -0.25) is 15.1 Å². The lowest BCUT2D eigenvalue weighted by Gasteiger charge is -2.30. The summed E-state index contributed by atoms with van der Waals surface area (Å²) in [6, 6.07) is 6.63. The van der Waals surface area contributed by atoms with Gasteiger partial charge in [-0.05, 0) is 36.4 Å². The van der Waals surface area contributed by atoms with E-state index in [2.05, 4.69) is 19.2 Å². The number of hydrogen-bond donors (Lipinski definition) is 1. The Morgan fingerprint density at radius 2 is 2.34 bits per heavy atom. The SMILES string of the molecule is [2H]C1=CC(O[C@@H]2CCCNC2)=NC2=C(C(C)C)CN(Cc3cccc([N+](=O)[O-])c3)N12. The van der Waals surface area contributed by atoms with Crippen molar-refractivity contribution in [3.63, 3.8) is 0 Å². The zero-order valence-electron chi connectivity index (χ0n) is 17.8. The summed E-state index contributed by atoms with van der Waals surface area (Å²) in [5.41, 5.74) is 2.01. The van der Waals surface area contributed by atoms with Gasteiger partial charge >= 0.3 is 0 Å². The monoisotopic (exact) mass is 398 g/mol. The number of benzene rings is 1. The van der Waals surface area contributed by atoms with E-state index in [1.807, 2.05) is 11.1 Å². The van der Waals surface area contributed by atoms with Crippen molar-refractivity contribution in [2.45, 2.75) is 39.3 Å². The Morgan fingerprint density at radius 1 is 1.48 bits per heavy atom. The fraction of sp³-hybridized carbons (Fsp3) is 0.476. The van der Waals surface area contributed by atoms with Gasteiger partial charge in [-0.2, -0.15) is 4.99 Å². The predicted molar refractivity (Wildman–Crippen MR) is 111 cm³/mol. The van der Waals surface area contributed by atoms with Crippen molar-refractivity contribution in [2.24, 2.45) is 10.9 Å². The van der Waals surface area contributed by atoms with Gasteiger partial charge in [-0.15, -0.1) is 0 Å². The molecule has 0 amide bonds. The van der Waals surface area contributed by atoms with Crippen molar-refractivity contribution in [2.75, 3.05) is 19.6 Å². The Balaban J connectivity index is 1.57. The molecular weight excluding hydrogens is 370 g/mol. The average Bonchev–Trinajstić information content (AvgIpc) is 3.08. The molecular formula is C21H27N5O3. The van der Waals surface area contributed by atoms with Crippen LogP contribution in [-0.2, 0) is 11.3 Å². The lowest BCUT2D eigenvalue weighted by Crippen LogP contribution is -2.38. The molecule has 0 spiro atoms. The van der Waals surface area contributed by atoms with Gasteiger partial charge in [-0.1, -0.05) is 26.0 Å². The molecule has 1 atom stereocenters. The van der Waals surface area contributed by atoms with Crippen LogP contribution in [0.4, 0.5) is 5.69 Å². The number of fused-ring (bicyclic) bond motifs is 1. The highest BCUT2D eigenvalue weighted by atomic mass is 16.6. The first-order valence-electron chi connectivity index (χ1n) is 10.6. The fourth-order valence-corrected chi connectivity index (χ4v) is 3.82. The van der Waals surface area contributed by atoms with Gasteiger partial charge in [0.15, 0.2) is 5.82 Å². The van der Waals surface area contributed by atoms with E-state index in [0.29, 0.717) is 25.2 Å². The van der Waals surface area contributed by atoms with Crippen LogP contribution < -0.4 is 5.32 Å². The topological polar surface area (TPSA) is 83.2 Å². The van der Waals surface area contributed by atoms with E-state index in [1.54, 1.807) is 23.2 Å². The third-order valence-electron chi connectivity index (χ3n) is 5.37. The summed E-state index contributed by atoms with van der Waals surface area (Å²) in [6.07, 6.45) is 4.06. The van der Waals surface area contributed by atoms with Gasteiger partial charge < -0.3 is 10.1 Å². The van der Waals surface area contributed by atoms with Gasteiger partial charge in [0.1, 0.15) is 6.10 Å². The molecule has 1 N–H and O–H groups in total. The van der Waals surface area contributed by atoms with Crippen LogP contribution in [0.1, 0.15) is 33.6 Å². The number of rotatable bonds is 5. The van der Waals surface area contributed by atoms with Crippen molar-refractivity contribution in [1.29, 1.82) is 0 Å². The van der Waals surface area contributed by atoms with E-state index >= 15 is 0 Å². The highest BCUT2D eigenvalue weighted by Gasteiger charge is 2.33. The van der Waals surface area contributed by atoms with E-state index in [-0.39, 0.29) is 22.6 Å². The Bertz CT molecular complexity index is 921. The molecule has 1 aromatic rings. The van der Waals surface area contributed by atoms with E-state index < -0.39 is 0 Å². The molecule has 8 nitrogen and oxygen atoms in total. The predicted octanol–water partition coefficient (Wildman–Crippen LogP) is 3.19. The number of non-ortho nitro benzene ring substituents is 1. The number of hydrazine groups is 1. The molecule has 154 valence electrons. The minimum absolute atomic E-state index is 0.0681. The number of nitro groups is 1. The normalized spacial score (nSPS) is 22.9. The van der Waals surface area contributed by atoms with Crippen LogP contribution in [0.2, 0.25) is 0 Å². The Hall–Kier alpha value is -2.71.